The molecule has 0 radical (unpaired) electrons. The standard InChI is InChI=1S/C20H26N4O4/c1-20(2,3)18(10-24-14-21-13-22-24)23-28-11-15-8-6-7-9-16(15)17(12-26-4)19(25)27-5/h6-9,12-14H,10-11H2,1-5H3/b17-12-,23-18-. The Balaban J connectivity index is 2.22. The molecule has 0 aliphatic heterocycles. The summed E-state index contributed by atoms with van der Waals surface area (Å²) in [7, 11) is 2.81. The smallest absolute Gasteiger partial charge is 0.341 e. The van der Waals surface area contributed by atoms with Crippen molar-refractivity contribution in [2.45, 2.75) is 33.9 Å². The lowest BCUT2D eigenvalue weighted by molar-refractivity contribution is -0.133. The molecule has 0 bridgehead atoms. The molecule has 1 heterocycles. The lowest BCUT2D eigenvalue weighted by Crippen LogP contribution is -2.26. The summed E-state index contributed by atoms with van der Waals surface area (Å²) >= 11 is 0. The minimum atomic E-state index is -0.487. The molecule has 0 saturated carbocycles. The monoisotopic (exact) mass is 386 g/mol. The molecular weight excluding hydrogens is 360 g/mol. The largest absolute Gasteiger partial charge is 0.503 e. The highest BCUT2D eigenvalue weighted by molar-refractivity contribution is 6.16. The second kappa shape index (κ2) is 9.68. The Hall–Kier alpha value is -3.16. The average Bonchev–Trinajstić information content (AvgIpc) is 3.18. The number of hydrogen-bond donors (Lipinski definition) is 0. The van der Waals surface area contributed by atoms with Gasteiger partial charge in [0.05, 0.1) is 32.7 Å². The maximum absolute atomic E-state index is 12.1. The van der Waals surface area contributed by atoms with Gasteiger partial charge < -0.3 is 14.3 Å². The summed E-state index contributed by atoms with van der Waals surface area (Å²) in [5.74, 6) is -0.487. The maximum Gasteiger partial charge on any atom is 0.341 e. The van der Waals surface area contributed by atoms with Crippen LogP contribution in [-0.4, -0.2) is 40.7 Å². The Morgan fingerprint density at radius 3 is 2.61 bits per heavy atom. The Labute approximate surface area is 164 Å². The summed E-state index contributed by atoms with van der Waals surface area (Å²) in [6.45, 7) is 6.82. The fourth-order valence-corrected chi connectivity index (χ4v) is 2.41. The Morgan fingerprint density at radius 1 is 1.25 bits per heavy atom. The van der Waals surface area contributed by atoms with Crippen LogP contribution in [0.5, 0.6) is 0 Å². The number of methoxy groups -OCH3 is 2. The van der Waals surface area contributed by atoms with Crippen molar-refractivity contribution in [1.29, 1.82) is 0 Å². The number of benzene rings is 1. The first-order valence-corrected chi connectivity index (χ1v) is 8.78. The van der Waals surface area contributed by atoms with E-state index in [4.69, 9.17) is 14.3 Å². The molecule has 0 aliphatic carbocycles. The van der Waals surface area contributed by atoms with Gasteiger partial charge in [-0.1, -0.05) is 50.2 Å². The second-order valence-corrected chi connectivity index (χ2v) is 7.07. The predicted octanol–water partition coefficient (Wildman–Crippen LogP) is 3.06. The molecule has 0 fully saturated rings. The zero-order chi connectivity index (χ0) is 20.6. The molecule has 0 saturated heterocycles. The van der Waals surface area contributed by atoms with Gasteiger partial charge in [-0.3, -0.25) is 0 Å². The highest BCUT2D eigenvalue weighted by atomic mass is 16.6. The number of rotatable bonds is 8. The van der Waals surface area contributed by atoms with Gasteiger partial charge in [0.2, 0.25) is 0 Å². The van der Waals surface area contributed by atoms with Crippen molar-refractivity contribution >= 4 is 17.3 Å². The van der Waals surface area contributed by atoms with Gasteiger partial charge >= 0.3 is 5.97 Å². The molecular formula is C20H26N4O4. The van der Waals surface area contributed by atoms with Crippen molar-refractivity contribution in [3.63, 3.8) is 0 Å². The van der Waals surface area contributed by atoms with Crippen molar-refractivity contribution in [1.82, 2.24) is 14.8 Å². The Kier molecular flexibility index (Phi) is 7.31. The number of hydrogen-bond acceptors (Lipinski definition) is 7. The first-order chi connectivity index (χ1) is 13.4. The topological polar surface area (TPSA) is 87.8 Å². The summed E-state index contributed by atoms with van der Waals surface area (Å²) in [4.78, 5) is 21.7. The van der Waals surface area contributed by atoms with Crippen LogP contribution >= 0.6 is 0 Å². The van der Waals surface area contributed by atoms with E-state index in [-0.39, 0.29) is 12.0 Å². The number of nitrogens with zero attached hydrogens (tertiary/aromatic N) is 4. The number of oxime groups is 1. The van der Waals surface area contributed by atoms with Gasteiger partial charge in [0.25, 0.3) is 0 Å². The highest BCUT2D eigenvalue weighted by Gasteiger charge is 2.21. The first kappa shape index (κ1) is 21.1. The van der Waals surface area contributed by atoms with E-state index in [1.54, 1.807) is 11.0 Å². The normalized spacial score (nSPS) is 12.6. The average molecular weight is 386 g/mol. The molecule has 150 valence electrons. The van der Waals surface area contributed by atoms with E-state index in [2.05, 4.69) is 36.0 Å². The van der Waals surface area contributed by atoms with E-state index in [0.717, 1.165) is 11.3 Å². The maximum atomic E-state index is 12.1. The minimum absolute atomic E-state index is 0.186. The molecule has 0 unspecified atom stereocenters. The molecule has 0 spiro atoms. The zero-order valence-electron chi connectivity index (χ0n) is 16.9. The molecule has 1 aromatic carbocycles. The third-order valence-electron chi connectivity index (χ3n) is 3.99. The number of ether oxygens (including phenoxy) is 2. The van der Waals surface area contributed by atoms with E-state index in [9.17, 15) is 4.79 Å². The van der Waals surface area contributed by atoms with Gasteiger partial charge in [0.1, 0.15) is 24.8 Å². The van der Waals surface area contributed by atoms with Crippen LogP contribution in [0.3, 0.4) is 0 Å². The molecule has 0 atom stereocenters. The van der Waals surface area contributed by atoms with Crippen LogP contribution < -0.4 is 0 Å². The van der Waals surface area contributed by atoms with E-state index >= 15 is 0 Å². The van der Waals surface area contributed by atoms with Gasteiger partial charge in [-0.05, 0) is 5.56 Å². The molecule has 8 nitrogen and oxygen atoms in total. The summed E-state index contributed by atoms with van der Waals surface area (Å²) < 4.78 is 11.6. The van der Waals surface area contributed by atoms with Crippen LogP contribution in [-0.2, 0) is 32.3 Å². The van der Waals surface area contributed by atoms with E-state index in [1.165, 1.54) is 26.8 Å². The van der Waals surface area contributed by atoms with Crippen LogP contribution in [0.25, 0.3) is 5.57 Å². The SMILES string of the molecule is CO/C=C(\C(=O)OC)c1ccccc1CO/N=C(/Cn1cncn1)C(C)(C)C. The van der Waals surface area contributed by atoms with Crippen LogP contribution in [0.2, 0.25) is 0 Å². The van der Waals surface area contributed by atoms with E-state index in [1.807, 2.05) is 24.3 Å². The van der Waals surface area contributed by atoms with Gasteiger partial charge in [-0.15, -0.1) is 0 Å². The molecule has 28 heavy (non-hydrogen) atoms. The number of aromatic nitrogens is 3. The molecule has 0 amide bonds. The van der Waals surface area contributed by atoms with Crippen molar-refractivity contribution in [2.24, 2.45) is 10.6 Å². The molecule has 0 aliphatic rings. The third-order valence-corrected chi connectivity index (χ3v) is 3.99. The quantitative estimate of drug-likeness (QED) is 0.228. The predicted molar refractivity (Wildman–Crippen MR) is 105 cm³/mol. The van der Waals surface area contributed by atoms with Crippen molar-refractivity contribution < 1.29 is 19.1 Å². The summed E-state index contributed by atoms with van der Waals surface area (Å²) in [5, 5.41) is 8.46. The van der Waals surface area contributed by atoms with Crippen LogP contribution in [0.1, 0.15) is 31.9 Å². The van der Waals surface area contributed by atoms with Crippen LogP contribution in [0.4, 0.5) is 0 Å². The van der Waals surface area contributed by atoms with Gasteiger partial charge in [0.15, 0.2) is 0 Å². The Bertz CT molecular complexity index is 836. The van der Waals surface area contributed by atoms with Crippen LogP contribution in [0, 0.1) is 5.41 Å². The molecule has 1 aromatic heterocycles. The lowest BCUT2D eigenvalue weighted by atomic mass is 9.90. The fraction of sp³-hybridized carbons (Fsp3) is 0.400. The lowest BCUT2D eigenvalue weighted by Gasteiger charge is -2.20. The van der Waals surface area contributed by atoms with Crippen molar-refractivity contribution in [3.8, 4) is 0 Å². The van der Waals surface area contributed by atoms with Gasteiger partial charge in [-0.25, -0.2) is 14.5 Å². The van der Waals surface area contributed by atoms with E-state index in [0.29, 0.717) is 17.7 Å². The highest BCUT2D eigenvalue weighted by Crippen LogP contribution is 2.23. The third kappa shape index (κ3) is 5.67. The van der Waals surface area contributed by atoms with Gasteiger partial charge in [-0.2, -0.15) is 5.10 Å². The molecule has 0 N–H and O–H groups in total. The second-order valence-electron chi connectivity index (χ2n) is 7.07. The zero-order valence-corrected chi connectivity index (χ0v) is 16.9. The van der Waals surface area contributed by atoms with Crippen LogP contribution in [0.15, 0.2) is 48.3 Å². The molecule has 2 aromatic rings. The summed E-state index contributed by atoms with van der Waals surface area (Å²) in [5.41, 5.74) is 2.37. The molecule has 8 heteroatoms. The molecule has 2 rings (SSSR count). The van der Waals surface area contributed by atoms with Crippen molar-refractivity contribution in [3.05, 3.63) is 54.3 Å². The first-order valence-electron chi connectivity index (χ1n) is 8.78. The van der Waals surface area contributed by atoms with E-state index < -0.39 is 5.97 Å². The number of carbonyl (C=O) groups is 1. The summed E-state index contributed by atoms with van der Waals surface area (Å²) in [6, 6.07) is 7.38. The fourth-order valence-electron chi connectivity index (χ4n) is 2.41. The Morgan fingerprint density at radius 2 is 2.00 bits per heavy atom. The van der Waals surface area contributed by atoms with Gasteiger partial charge in [0, 0.05) is 11.0 Å². The summed E-state index contributed by atoms with van der Waals surface area (Å²) in [6.07, 6.45) is 4.47. The number of esters is 1. The van der Waals surface area contributed by atoms with Crippen molar-refractivity contribution in [2.75, 3.05) is 14.2 Å². The minimum Gasteiger partial charge on any atom is -0.503 e. The number of carbonyl (C=O) groups excluding carboxylic acids is 1.